The number of hydrogen-bond donors (Lipinski definition) is 0. The van der Waals surface area contributed by atoms with Crippen LogP contribution in [0.2, 0.25) is 5.02 Å². The van der Waals surface area contributed by atoms with Gasteiger partial charge in [-0.1, -0.05) is 31.5 Å². The van der Waals surface area contributed by atoms with E-state index in [1.54, 1.807) is 18.2 Å². The van der Waals surface area contributed by atoms with Gasteiger partial charge in [0.15, 0.2) is 0 Å². The second-order valence-corrected chi connectivity index (χ2v) is 3.63. The van der Waals surface area contributed by atoms with Gasteiger partial charge in [-0.3, -0.25) is 0 Å². The molecule has 0 atom stereocenters. The van der Waals surface area contributed by atoms with Crippen LogP contribution in [-0.4, -0.2) is 6.61 Å². The normalized spacial score (nSPS) is 11.1. The predicted octanol–water partition coefficient (Wildman–Crippen LogP) is 4.06. The van der Waals surface area contributed by atoms with E-state index in [1.165, 1.54) is 0 Å². The smallest absolute Gasteiger partial charge is 0.387 e. The molecule has 0 fully saturated rings. The van der Waals surface area contributed by atoms with Crippen LogP contribution in [0.15, 0.2) is 18.2 Å². The number of halogens is 3. The quantitative estimate of drug-likeness (QED) is 0.746. The largest absolute Gasteiger partial charge is 0.433 e. The molecule has 0 radical (unpaired) electrons. The van der Waals surface area contributed by atoms with Crippen molar-refractivity contribution in [2.45, 2.75) is 26.4 Å². The maximum Gasteiger partial charge on any atom is 0.387 e. The van der Waals surface area contributed by atoms with E-state index < -0.39 is 6.61 Å². The molecule has 1 aromatic carbocycles. The number of rotatable bonds is 3. The lowest BCUT2D eigenvalue weighted by Crippen LogP contribution is -2.03. The summed E-state index contributed by atoms with van der Waals surface area (Å²) in [5.74, 6) is 0.292. The molecule has 0 aliphatic carbocycles. The van der Waals surface area contributed by atoms with Crippen molar-refractivity contribution in [1.82, 2.24) is 0 Å². The first kappa shape index (κ1) is 11.2. The van der Waals surface area contributed by atoms with E-state index in [-0.39, 0.29) is 16.7 Å². The first-order valence-corrected chi connectivity index (χ1v) is 4.62. The maximum absolute atomic E-state index is 12.0. The third-order valence-electron chi connectivity index (χ3n) is 1.84. The van der Waals surface area contributed by atoms with Gasteiger partial charge in [-0.15, -0.1) is 0 Å². The summed E-state index contributed by atoms with van der Waals surface area (Å²) in [6, 6.07) is 4.90. The van der Waals surface area contributed by atoms with E-state index in [0.29, 0.717) is 0 Å². The van der Waals surface area contributed by atoms with E-state index in [1.807, 2.05) is 13.8 Å². The topological polar surface area (TPSA) is 9.23 Å². The molecule has 0 aliphatic rings. The summed E-state index contributed by atoms with van der Waals surface area (Å²) < 4.78 is 28.2. The summed E-state index contributed by atoms with van der Waals surface area (Å²) in [4.78, 5) is 0. The molecule has 1 aromatic rings. The lowest BCUT2D eigenvalue weighted by Gasteiger charge is -2.10. The fourth-order valence-electron chi connectivity index (χ4n) is 1.07. The highest BCUT2D eigenvalue weighted by Crippen LogP contribution is 2.29. The van der Waals surface area contributed by atoms with Crippen molar-refractivity contribution >= 4 is 11.6 Å². The van der Waals surface area contributed by atoms with Gasteiger partial charge in [0.25, 0.3) is 0 Å². The van der Waals surface area contributed by atoms with Gasteiger partial charge < -0.3 is 4.74 Å². The minimum absolute atomic E-state index is 0.0351. The molecule has 14 heavy (non-hydrogen) atoms. The zero-order chi connectivity index (χ0) is 10.7. The second-order valence-electron chi connectivity index (χ2n) is 3.22. The summed E-state index contributed by atoms with van der Waals surface area (Å²) in [6.07, 6.45) is 0. The van der Waals surface area contributed by atoms with Gasteiger partial charge in [0.2, 0.25) is 0 Å². The second kappa shape index (κ2) is 4.60. The van der Waals surface area contributed by atoms with Crippen LogP contribution in [-0.2, 0) is 0 Å². The Labute approximate surface area is 86.6 Å². The van der Waals surface area contributed by atoms with Crippen molar-refractivity contribution in [1.29, 1.82) is 0 Å². The molecular weight excluding hydrogens is 210 g/mol. The molecule has 0 N–H and O–H groups in total. The lowest BCUT2D eigenvalue weighted by molar-refractivity contribution is -0.0498. The van der Waals surface area contributed by atoms with Gasteiger partial charge in [-0.25, -0.2) is 0 Å². The Kier molecular flexibility index (Phi) is 3.69. The number of hydrogen-bond acceptors (Lipinski definition) is 1. The average molecular weight is 221 g/mol. The van der Waals surface area contributed by atoms with Crippen molar-refractivity contribution < 1.29 is 13.5 Å². The van der Waals surface area contributed by atoms with Gasteiger partial charge in [-0.2, -0.15) is 8.78 Å². The van der Waals surface area contributed by atoms with Crippen LogP contribution in [0.1, 0.15) is 25.3 Å². The summed E-state index contributed by atoms with van der Waals surface area (Å²) in [6.45, 7) is 1.10. The SMILES string of the molecule is CC(C)c1ccc(Cl)c(OC(F)F)c1. The van der Waals surface area contributed by atoms with E-state index >= 15 is 0 Å². The minimum atomic E-state index is -2.84. The fraction of sp³-hybridized carbons (Fsp3) is 0.400. The van der Waals surface area contributed by atoms with E-state index in [0.717, 1.165) is 5.56 Å². The summed E-state index contributed by atoms with van der Waals surface area (Å²) in [5.41, 5.74) is 0.921. The Morgan fingerprint density at radius 3 is 2.43 bits per heavy atom. The first-order valence-electron chi connectivity index (χ1n) is 4.25. The monoisotopic (exact) mass is 220 g/mol. The third-order valence-corrected chi connectivity index (χ3v) is 2.15. The van der Waals surface area contributed by atoms with Crippen molar-refractivity contribution in [3.63, 3.8) is 0 Å². The summed E-state index contributed by atoms with van der Waals surface area (Å²) in [5, 5.41) is 0.203. The molecule has 0 aliphatic heterocycles. The van der Waals surface area contributed by atoms with E-state index in [4.69, 9.17) is 11.6 Å². The van der Waals surface area contributed by atoms with E-state index in [2.05, 4.69) is 4.74 Å². The van der Waals surface area contributed by atoms with E-state index in [9.17, 15) is 8.78 Å². The van der Waals surface area contributed by atoms with Crippen LogP contribution in [0.5, 0.6) is 5.75 Å². The van der Waals surface area contributed by atoms with Gasteiger partial charge in [0.05, 0.1) is 5.02 Å². The summed E-state index contributed by atoms with van der Waals surface area (Å²) >= 11 is 5.69. The van der Waals surface area contributed by atoms with Crippen LogP contribution in [0, 0.1) is 0 Å². The molecule has 0 aromatic heterocycles. The molecule has 0 unspecified atom stereocenters. The zero-order valence-electron chi connectivity index (χ0n) is 7.93. The molecule has 0 heterocycles. The Morgan fingerprint density at radius 1 is 1.29 bits per heavy atom. The molecule has 78 valence electrons. The van der Waals surface area contributed by atoms with Gasteiger partial charge in [0, 0.05) is 0 Å². The molecule has 4 heteroatoms. The van der Waals surface area contributed by atoms with Crippen LogP contribution in [0.25, 0.3) is 0 Å². The van der Waals surface area contributed by atoms with Crippen molar-refractivity contribution in [2.24, 2.45) is 0 Å². The third kappa shape index (κ3) is 2.84. The highest BCUT2D eigenvalue weighted by Gasteiger charge is 2.10. The van der Waals surface area contributed by atoms with Gasteiger partial charge in [0.1, 0.15) is 5.75 Å². The lowest BCUT2D eigenvalue weighted by atomic mass is 10.0. The molecule has 0 saturated carbocycles. The molecule has 0 saturated heterocycles. The van der Waals surface area contributed by atoms with Crippen LogP contribution < -0.4 is 4.74 Å². The first-order chi connectivity index (χ1) is 6.50. The van der Waals surface area contributed by atoms with Crippen molar-refractivity contribution in [3.8, 4) is 5.75 Å². The van der Waals surface area contributed by atoms with Crippen LogP contribution in [0.4, 0.5) is 8.78 Å². The van der Waals surface area contributed by atoms with Crippen LogP contribution in [0.3, 0.4) is 0 Å². The van der Waals surface area contributed by atoms with Gasteiger partial charge >= 0.3 is 6.61 Å². The molecule has 0 amide bonds. The molecule has 0 spiro atoms. The van der Waals surface area contributed by atoms with Crippen molar-refractivity contribution in [3.05, 3.63) is 28.8 Å². The molecule has 0 bridgehead atoms. The Bertz CT molecular complexity index is 313. The Morgan fingerprint density at radius 2 is 1.93 bits per heavy atom. The Hall–Kier alpha value is -0.830. The standard InChI is InChI=1S/C10H11ClF2O/c1-6(2)7-3-4-8(11)9(5-7)14-10(12)13/h3-6,10H,1-2H3. The molecule has 1 rings (SSSR count). The highest BCUT2D eigenvalue weighted by atomic mass is 35.5. The number of alkyl halides is 2. The fourth-order valence-corrected chi connectivity index (χ4v) is 1.23. The molecule has 1 nitrogen and oxygen atoms in total. The maximum atomic E-state index is 12.0. The Balaban J connectivity index is 2.96. The average Bonchev–Trinajstić information content (AvgIpc) is 2.07. The zero-order valence-corrected chi connectivity index (χ0v) is 8.68. The number of benzene rings is 1. The highest BCUT2D eigenvalue weighted by molar-refractivity contribution is 6.32. The van der Waals surface area contributed by atoms with Gasteiger partial charge in [-0.05, 0) is 23.6 Å². The molecular formula is C10H11ClF2O. The minimum Gasteiger partial charge on any atom is -0.433 e. The van der Waals surface area contributed by atoms with Crippen molar-refractivity contribution in [2.75, 3.05) is 0 Å². The number of ether oxygens (including phenoxy) is 1. The summed E-state index contributed by atoms with van der Waals surface area (Å²) in [7, 11) is 0. The predicted molar refractivity (Wildman–Crippen MR) is 52.2 cm³/mol. The van der Waals surface area contributed by atoms with Crippen LogP contribution >= 0.6 is 11.6 Å².